The smallest absolute Gasteiger partial charge is 0.338 e. The number of imide groups is 1. The summed E-state index contributed by atoms with van der Waals surface area (Å²) in [5.41, 5.74) is 1.98. The summed E-state index contributed by atoms with van der Waals surface area (Å²) in [7, 11) is 0. The highest BCUT2D eigenvalue weighted by molar-refractivity contribution is 9.10. The van der Waals surface area contributed by atoms with Gasteiger partial charge in [0, 0.05) is 26.0 Å². The molecular weight excluding hydrogens is 690 g/mol. The quantitative estimate of drug-likeness (QED) is 0.187. The first-order valence-electron chi connectivity index (χ1n) is 13.5. The van der Waals surface area contributed by atoms with E-state index in [0.717, 1.165) is 33.1 Å². The van der Waals surface area contributed by atoms with Gasteiger partial charge in [-0.1, -0.05) is 62.8 Å². The maximum atomic E-state index is 14.0. The normalized spacial score (nSPS) is 19.0. The molecule has 224 valence electrons. The van der Waals surface area contributed by atoms with Crippen molar-refractivity contribution in [2.75, 3.05) is 16.8 Å². The van der Waals surface area contributed by atoms with Crippen molar-refractivity contribution in [3.8, 4) is 0 Å². The fraction of sp³-hybridized carbons (Fsp3) is 0.194. The van der Waals surface area contributed by atoms with Crippen molar-refractivity contribution >= 4 is 85.7 Å². The molecule has 2 aliphatic rings. The van der Waals surface area contributed by atoms with Crippen LogP contribution in [0, 0.1) is 5.92 Å². The standard InChI is InChI=1S/C31H23BrClN3O6S2/c1-2-42-30(40)16-6-10-20(11-7-16)34-22(37)15-35-29-26(44-31(35)41)23(17-4-3-5-18(32)14-17)24-25(43-29)28(39)36(27(24)38)21-12-8-19(33)9-13-21/h3-14,23-25H,2,15H2,1H3,(H,34,37)/t23-,24-,25+/m0/s1. The van der Waals surface area contributed by atoms with Crippen molar-refractivity contribution in [3.63, 3.8) is 0 Å². The summed E-state index contributed by atoms with van der Waals surface area (Å²) in [5, 5.41) is 2.91. The summed E-state index contributed by atoms with van der Waals surface area (Å²) < 4.78 is 7.14. The number of thiazole rings is 1. The number of carbonyl (C=O) groups excluding carboxylic acids is 4. The number of fused-ring (bicyclic) bond motifs is 2. The molecule has 13 heteroatoms. The molecule has 3 heterocycles. The first-order valence-corrected chi connectivity index (χ1v) is 16.4. The number of esters is 1. The second-order valence-electron chi connectivity index (χ2n) is 10.1. The Hall–Kier alpha value is -3.71. The van der Waals surface area contributed by atoms with Crippen LogP contribution < -0.4 is 15.1 Å². The molecule has 2 aliphatic heterocycles. The molecule has 4 aromatic rings. The highest BCUT2D eigenvalue weighted by Gasteiger charge is 2.56. The third-order valence-electron chi connectivity index (χ3n) is 7.32. The van der Waals surface area contributed by atoms with E-state index in [9.17, 15) is 24.0 Å². The number of benzene rings is 3. The molecule has 1 N–H and O–H groups in total. The summed E-state index contributed by atoms with van der Waals surface area (Å²) in [6.07, 6.45) is 0. The topological polar surface area (TPSA) is 115 Å². The number of ether oxygens (including phenoxy) is 1. The van der Waals surface area contributed by atoms with Gasteiger partial charge in [-0.2, -0.15) is 0 Å². The zero-order valence-corrected chi connectivity index (χ0v) is 27.0. The van der Waals surface area contributed by atoms with E-state index in [1.54, 1.807) is 55.5 Å². The van der Waals surface area contributed by atoms with Gasteiger partial charge in [-0.25, -0.2) is 9.69 Å². The Bertz CT molecular complexity index is 1860. The summed E-state index contributed by atoms with van der Waals surface area (Å²) in [6.45, 7) is 1.66. The SMILES string of the molecule is CCOC(=O)c1ccc(NC(=O)Cn2c3c(sc2=O)[C@@H](c2cccc(Br)c2)[C@@H]2C(=O)N(c4ccc(Cl)cc4)C(=O)[C@@H]2S3)cc1. The van der Waals surface area contributed by atoms with Crippen LogP contribution in [0.3, 0.4) is 0 Å². The minimum atomic E-state index is -0.812. The highest BCUT2D eigenvalue weighted by Crippen LogP contribution is 2.54. The number of thioether (sulfide) groups is 1. The van der Waals surface area contributed by atoms with E-state index in [2.05, 4.69) is 21.2 Å². The molecule has 0 radical (unpaired) electrons. The van der Waals surface area contributed by atoms with Crippen molar-refractivity contribution in [3.05, 3.63) is 108 Å². The molecule has 0 spiro atoms. The van der Waals surface area contributed by atoms with E-state index in [0.29, 0.717) is 31.9 Å². The second kappa shape index (κ2) is 12.4. The van der Waals surface area contributed by atoms with Gasteiger partial charge in [0.1, 0.15) is 11.8 Å². The fourth-order valence-electron chi connectivity index (χ4n) is 5.41. The van der Waals surface area contributed by atoms with Crippen LogP contribution in [0.1, 0.15) is 33.6 Å². The van der Waals surface area contributed by atoms with Crippen molar-refractivity contribution < 1.29 is 23.9 Å². The zero-order valence-electron chi connectivity index (χ0n) is 23.0. The second-order valence-corrected chi connectivity index (χ2v) is 13.5. The molecular formula is C31H23BrClN3O6S2. The molecule has 3 atom stereocenters. The average Bonchev–Trinajstić information content (AvgIpc) is 3.44. The number of carbonyl (C=O) groups is 4. The van der Waals surface area contributed by atoms with Crippen LogP contribution in [0.15, 0.2) is 87.1 Å². The van der Waals surface area contributed by atoms with E-state index < -0.39 is 34.9 Å². The van der Waals surface area contributed by atoms with Crippen LogP contribution in [0.5, 0.6) is 0 Å². The molecule has 9 nitrogen and oxygen atoms in total. The van der Waals surface area contributed by atoms with Crippen LogP contribution >= 0.6 is 50.6 Å². The predicted octanol–water partition coefficient (Wildman–Crippen LogP) is 5.94. The fourth-order valence-corrected chi connectivity index (χ4v) is 8.72. The lowest BCUT2D eigenvalue weighted by Gasteiger charge is -2.30. The number of nitrogens with one attached hydrogen (secondary N) is 1. The van der Waals surface area contributed by atoms with Gasteiger partial charge in [-0.3, -0.25) is 23.7 Å². The van der Waals surface area contributed by atoms with Crippen molar-refractivity contribution in [1.29, 1.82) is 0 Å². The number of hydrogen-bond acceptors (Lipinski definition) is 8. The third-order valence-corrected chi connectivity index (χ3v) is 10.7. The van der Waals surface area contributed by atoms with E-state index in [1.807, 2.05) is 24.3 Å². The molecule has 1 saturated heterocycles. The molecule has 44 heavy (non-hydrogen) atoms. The first kappa shape index (κ1) is 30.3. The van der Waals surface area contributed by atoms with E-state index in [-0.39, 0.29) is 23.9 Å². The lowest BCUT2D eigenvalue weighted by Crippen LogP contribution is -2.33. The van der Waals surface area contributed by atoms with Gasteiger partial charge in [0.2, 0.25) is 17.7 Å². The molecule has 6 rings (SSSR count). The zero-order chi connectivity index (χ0) is 31.1. The van der Waals surface area contributed by atoms with Crippen LogP contribution in [-0.2, 0) is 25.7 Å². The van der Waals surface area contributed by atoms with Crippen molar-refractivity contribution in [2.24, 2.45) is 5.92 Å². The average molecular weight is 713 g/mol. The molecule has 3 aromatic carbocycles. The molecule has 0 saturated carbocycles. The van der Waals surface area contributed by atoms with Crippen molar-refractivity contribution in [2.45, 2.75) is 29.7 Å². The molecule has 0 aliphatic carbocycles. The number of aromatic nitrogens is 1. The largest absolute Gasteiger partial charge is 0.462 e. The van der Waals surface area contributed by atoms with Gasteiger partial charge < -0.3 is 10.1 Å². The summed E-state index contributed by atoms with van der Waals surface area (Å²) in [6, 6.07) is 20.2. The molecule has 0 unspecified atom stereocenters. The Balaban J connectivity index is 1.33. The number of halogens is 2. The number of rotatable bonds is 7. The minimum Gasteiger partial charge on any atom is -0.462 e. The van der Waals surface area contributed by atoms with Gasteiger partial charge in [0.25, 0.3) is 0 Å². The number of anilines is 2. The van der Waals surface area contributed by atoms with Crippen LogP contribution in [0.25, 0.3) is 0 Å². The van der Waals surface area contributed by atoms with E-state index in [1.165, 1.54) is 9.47 Å². The maximum absolute atomic E-state index is 14.0. The predicted molar refractivity (Wildman–Crippen MR) is 173 cm³/mol. The summed E-state index contributed by atoms with van der Waals surface area (Å²) in [5.74, 6) is -3.03. The third kappa shape index (κ3) is 5.63. The van der Waals surface area contributed by atoms with Crippen molar-refractivity contribution in [1.82, 2.24) is 4.57 Å². The molecule has 1 fully saturated rings. The van der Waals surface area contributed by atoms with Gasteiger partial charge in [-0.15, -0.1) is 0 Å². The Kier molecular flexibility index (Phi) is 8.51. The van der Waals surface area contributed by atoms with Gasteiger partial charge in [0.15, 0.2) is 0 Å². The lowest BCUT2D eigenvalue weighted by atomic mass is 9.83. The Morgan fingerprint density at radius 2 is 1.73 bits per heavy atom. The van der Waals surface area contributed by atoms with E-state index >= 15 is 0 Å². The monoisotopic (exact) mass is 711 g/mol. The van der Waals surface area contributed by atoms with Crippen LogP contribution in [-0.4, -0.2) is 40.1 Å². The van der Waals surface area contributed by atoms with Crippen LogP contribution in [0.2, 0.25) is 5.02 Å². The highest BCUT2D eigenvalue weighted by atomic mass is 79.9. The Morgan fingerprint density at radius 3 is 2.41 bits per heavy atom. The maximum Gasteiger partial charge on any atom is 0.338 e. The number of hydrogen-bond donors (Lipinski definition) is 1. The van der Waals surface area contributed by atoms with Crippen LogP contribution in [0.4, 0.5) is 11.4 Å². The van der Waals surface area contributed by atoms with Gasteiger partial charge in [-0.05, 0) is 73.2 Å². The lowest BCUT2D eigenvalue weighted by molar-refractivity contribution is -0.122. The number of nitrogens with zero attached hydrogens (tertiary/aromatic N) is 2. The molecule has 1 aromatic heterocycles. The molecule has 0 bridgehead atoms. The minimum absolute atomic E-state index is 0.248. The van der Waals surface area contributed by atoms with E-state index in [4.69, 9.17) is 16.3 Å². The van der Waals surface area contributed by atoms with Gasteiger partial charge >= 0.3 is 10.8 Å². The summed E-state index contributed by atoms with van der Waals surface area (Å²) >= 11 is 11.7. The number of amides is 3. The molecule has 3 amide bonds. The first-order chi connectivity index (χ1) is 21.2. The summed E-state index contributed by atoms with van der Waals surface area (Å²) in [4.78, 5) is 67.7. The Labute approximate surface area is 273 Å². The van der Waals surface area contributed by atoms with Gasteiger partial charge in [0.05, 0.1) is 28.8 Å². The Morgan fingerprint density at radius 1 is 1.00 bits per heavy atom.